The highest BCUT2D eigenvalue weighted by molar-refractivity contribution is 5.71. The fraction of sp³-hybridized carbons (Fsp3) is 0.333. The normalized spacial score (nSPS) is 9.75. The van der Waals surface area contributed by atoms with E-state index in [1.54, 1.807) is 0 Å². The van der Waals surface area contributed by atoms with Gasteiger partial charge in [0.15, 0.2) is 0 Å². The molecule has 0 aliphatic heterocycles. The summed E-state index contributed by atoms with van der Waals surface area (Å²) < 4.78 is 5.02. The van der Waals surface area contributed by atoms with Gasteiger partial charge >= 0.3 is 5.97 Å². The maximum Gasteiger partial charge on any atom is 0.320 e. The van der Waals surface area contributed by atoms with Crippen LogP contribution in [0.15, 0.2) is 30.3 Å². The van der Waals surface area contributed by atoms with E-state index >= 15 is 0 Å². The molecule has 0 saturated heterocycles. The maximum absolute atomic E-state index is 11.2. The quantitative estimate of drug-likeness (QED) is 0.422. The van der Waals surface area contributed by atoms with Crippen LogP contribution in [-0.4, -0.2) is 25.3 Å². The van der Waals surface area contributed by atoms with E-state index in [-0.39, 0.29) is 19.1 Å². The summed E-state index contributed by atoms with van der Waals surface area (Å²) >= 11 is 0. The topological polar surface area (TPSA) is 55.4 Å². The molecule has 0 aliphatic carbocycles. The van der Waals surface area contributed by atoms with Gasteiger partial charge in [0, 0.05) is 13.0 Å². The Morgan fingerprint density at radius 3 is 2.75 bits per heavy atom. The highest BCUT2D eigenvalue weighted by Gasteiger charge is 2.01. The Hall–Kier alpha value is -1.68. The van der Waals surface area contributed by atoms with Gasteiger partial charge < -0.3 is 14.8 Å². The van der Waals surface area contributed by atoms with Crippen molar-refractivity contribution >= 4 is 12.3 Å². The van der Waals surface area contributed by atoms with Crippen molar-refractivity contribution in [2.45, 2.75) is 13.0 Å². The Bertz CT molecular complexity index is 324. The molecule has 1 rings (SSSR count). The predicted octanol–water partition coefficient (Wildman–Crippen LogP) is 0.908. The van der Waals surface area contributed by atoms with Gasteiger partial charge in [-0.05, 0) is 5.56 Å². The molecule has 1 aromatic rings. The van der Waals surface area contributed by atoms with Crippen LogP contribution < -0.4 is 5.32 Å². The van der Waals surface area contributed by atoms with Gasteiger partial charge in [0.1, 0.15) is 12.9 Å². The minimum Gasteiger partial charge on any atom is -0.460 e. The smallest absolute Gasteiger partial charge is 0.320 e. The number of carbonyl (C=O) groups is 2. The average molecular weight is 221 g/mol. The van der Waals surface area contributed by atoms with E-state index < -0.39 is 0 Å². The van der Waals surface area contributed by atoms with Crippen LogP contribution in [0, 0.1) is 0 Å². The highest BCUT2D eigenvalue weighted by atomic mass is 16.5. The Kier molecular flexibility index (Phi) is 5.88. The lowest BCUT2D eigenvalue weighted by Gasteiger charge is -2.05. The van der Waals surface area contributed by atoms with Crippen LogP contribution in [0.5, 0.6) is 0 Å². The lowest BCUT2D eigenvalue weighted by atomic mass is 10.2. The molecule has 4 nitrogen and oxygen atoms in total. The molecule has 0 amide bonds. The van der Waals surface area contributed by atoms with Gasteiger partial charge in [-0.3, -0.25) is 4.79 Å². The third-order valence-corrected chi connectivity index (χ3v) is 1.95. The van der Waals surface area contributed by atoms with Gasteiger partial charge in [-0.2, -0.15) is 0 Å². The molecule has 0 aromatic heterocycles. The predicted molar refractivity (Wildman–Crippen MR) is 59.8 cm³/mol. The molecule has 4 heteroatoms. The Labute approximate surface area is 94.6 Å². The second-order valence-electron chi connectivity index (χ2n) is 3.28. The molecule has 0 atom stereocenters. The van der Waals surface area contributed by atoms with Crippen molar-refractivity contribution < 1.29 is 14.3 Å². The van der Waals surface area contributed by atoms with Crippen LogP contribution in [-0.2, 0) is 20.9 Å². The lowest BCUT2D eigenvalue weighted by Crippen LogP contribution is -2.25. The monoisotopic (exact) mass is 221 g/mol. The number of hydrogen-bond donors (Lipinski definition) is 1. The molecule has 0 aliphatic rings. The van der Waals surface area contributed by atoms with Crippen LogP contribution in [0.3, 0.4) is 0 Å². The number of ether oxygens (including phenoxy) is 1. The molecule has 1 aromatic carbocycles. The molecule has 1 N–H and O–H groups in total. The van der Waals surface area contributed by atoms with Gasteiger partial charge in [0.2, 0.25) is 0 Å². The van der Waals surface area contributed by atoms with E-state index in [0.29, 0.717) is 13.0 Å². The number of hydrogen-bond acceptors (Lipinski definition) is 4. The molecule has 86 valence electrons. The van der Waals surface area contributed by atoms with Crippen LogP contribution in [0.2, 0.25) is 0 Å². The number of rotatable bonds is 7. The zero-order valence-electron chi connectivity index (χ0n) is 9.02. The molecule has 0 unspecified atom stereocenters. The number of benzene rings is 1. The third kappa shape index (κ3) is 5.26. The minimum atomic E-state index is -0.310. The van der Waals surface area contributed by atoms with Gasteiger partial charge in [-0.15, -0.1) is 0 Å². The second kappa shape index (κ2) is 7.59. The van der Waals surface area contributed by atoms with E-state index in [1.807, 2.05) is 30.3 Å². The van der Waals surface area contributed by atoms with Gasteiger partial charge in [0.05, 0.1) is 6.54 Å². The first-order valence-electron chi connectivity index (χ1n) is 5.17. The van der Waals surface area contributed by atoms with Crippen LogP contribution in [0.1, 0.15) is 12.0 Å². The number of aldehydes is 1. The zero-order valence-corrected chi connectivity index (χ0v) is 9.02. The lowest BCUT2D eigenvalue weighted by molar-refractivity contribution is -0.143. The van der Waals surface area contributed by atoms with E-state index in [9.17, 15) is 9.59 Å². The van der Waals surface area contributed by atoms with Crippen molar-refractivity contribution in [2.75, 3.05) is 13.1 Å². The maximum atomic E-state index is 11.2. The van der Waals surface area contributed by atoms with Crippen LogP contribution in [0.4, 0.5) is 0 Å². The summed E-state index contributed by atoms with van der Waals surface area (Å²) in [5.74, 6) is -0.310. The highest BCUT2D eigenvalue weighted by Crippen LogP contribution is 2.00. The third-order valence-electron chi connectivity index (χ3n) is 1.95. The summed E-state index contributed by atoms with van der Waals surface area (Å²) in [6.45, 7) is 0.930. The van der Waals surface area contributed by atoms with E-state index in [2.05, 4.69) is 5.32 Å². The molecule has 0 spiro atoms. The molecule has 0 bridgehead atoms. The second-order valence-corrected chi connectivity index (χ2v) is 3.28. The molecule has 0 fully saturated rings. The van der Waals surface area contributed by atoms with Gasteiger partial charge in [-0.1, -0.05) is 30.3 Å². The Balaban J connectivity index is 2.13. The van der Waals surface area contributed by atoms with Gasteiger partial charge in [0.25, 0.3) is 0 Å². The average Bonchev–Trinajstić information content (AvgIpc) is 2.33. The van der Waals surface area contributed by atoms with Crippen molar-refractivity contribution in [1.29, 1.82) is 0 Å². The van der Waals surface area contributed by atoms with Crippen LogP contribution in [0.25, 0.3) is 0 Å². The number of carbonyl (C=O) groups excluding carboxylic acids is 2. The summed E-state index contributed by atoms with van der Waals surface area (Å²) in [5, 5.41) is 2.82. The van der Waals surface area contributed by atoms with E-state index in [1.165, 1.54) is 0 Å². The first kappa shape index (κ1) is 12.4. The molecule has 0 heterocycles. The molecule has 0 radical (unpaired) electrons. The van der Waals surface area contributed by atoms with Crippen molar-refractivity contribution in [2.24, 2.45) is 0 Å². The Morgan fingerprint density at radius 2 is 2.06 bits per heavy atom. The molecule has 0 saturated carbocycles. The summed E-state index contributed by atoms with van der Waals surface area (Å²) in [5.41, 5.74) is 0.962. The first-order chi connectivity index (χ1) is 7.83. The van der Waals surface area contributed by atoms with Crippen LogP contribution >= 0.6 is 0 Å². The fourth-order valence-electron chi connectivity index (χ4n) is 1.14. The molecular formula is C12H15NO3. The molecule has 16 heavy (non-hydrogen) atoms. The number of nitrogens with one attached hydrogen (secondary N) is 1. The van der Waals surface area contributed by atoms with Crippen molar-refractivity contribution in [3.63, 3.8) is 0 Å². The fourth-order valence-corrected chi connectivity index (χ4v) is 1.14. The summed E-state index contributed by atoms with van der Waals surface area (Å²) in [7, 11) is 0. The van der Waals surface area contributed by atoms with Crippen molar-refractivity contribution in [1.82, 2.24) is 5.32 Å². The standard InChI is InChI=1S/C12H15NO3/c14-8-4-7-13-9-12(15)16-10-11-5-2-1-3-6-11/h1-3,5-6,8,13H,4,7,9-10H2. The Morgan fingerprint density at radius 1 is 1.31 bits per heavy atom. The van der Waals surface area contributed by atoms with E-state index in [4.69, 9.17) is 4.74 Å². The van der Waals surface area contributed by atoms with Gasteiger partial charge in [-0.25, -0.2) is 0 Å². The minimum absolute atomic E-state index is 0.140. The largest absolute Gasteiger partial charge is 0.460 e. The van der Waals surface area contributed by atoms with E-state index in [0.717, 1.165) is 11.8 Å². The summed E-state index contributed by atoms with van der Waals surface area (Å²) in [6, 6.07) is 9.49. The molecular weight excluding hydrogens is 206 g/mol. The van der Waals surface area contributed by atoms with Crippen molar-refractivity contribution in [3.8, 4) is 0 Å². The zero-order chi connectivity index (χ0) is 11.6. The summed E-state index contributed by atoms with van der Waals surface area (Å²) in [6.07, 6.45) is 1.22. The first-order valence-corrected chi connectivity index (χ1v) is 5.17. The summed E-state index contributed by atoms with van der Waals surface area (Å²) in [4.78, 5) is 21.2. The van der Waals surface area contributed by atoms with Crippen molar-refractivity contribution in [3.05, 3.63) is 35.9 Å². The number of esters is 1. The SMILES string of the molecule is O=CCCNCC(=O)OCc1ccccc1.